The highest BCUT2D eigenvalue weighted by Gasteiger charge is 1.79. The SMILES string of the molecule is CCCCCC=CC=CC=O.CCO. The molecule has 0 aromatic heterocycles. The zero-order chi connectivity index (χ0) is 11.1. The van der Waals surface area contributed by atoms with E-state index in [9.17, 15) is 4.79 Å². The molecule has 1 N–H and O–H groups in total. The zero-order valence-electron chi connectivity index (χ0n) is 9.28. The second-order valence-corrected chi connectivity index (χ2v) is 2.76. The van der Waals surface area contributed by atoms with E-state index in [1.54, 1.807) is 13.0 Å². The number of unbranched alkanes of at least 4 members (excludes halogenated alkanes) is 3. The molecule has 0 aliphatic heterocycles. The number of allylic oxidation sites excluding steroid dienone is 4. The van der Waals surface area contributed by atoms with Crippen molar-refractivity contribution in [1.82, 2.24) is 0 Å². The highest BCUT2D eigenvalue weighted by atomic mass is 16.2. The van der Waals surface area contributed by atoms with E-state index < -0.39 is 0 Å². The lowest BCUT2D eigenvalue weighted by atomic mass is 10.2. The standard InChI is InChI=1S/C10H16O.C2H6O/c1-2-3-4-5-6-7-8-9-10-11;1-2-3/h6-10H,2-5H2,1H3;3H,2H2,1H3. The number of hydrogen-bond acceptors (Lipinski definition) is 2. The molecule has 0 unspecified atom stereocenters. The van der Waals surface area contributed by atoms with E-state index in [2.05, 4.69) is 13.0 Å². The minimum atomic E-state index is 0.250. The fourth-order valence-electron chi connectivity index (χ4n) is 0.796. The summed E-state index contributed by atoms with van der Waals surface area (Å²) in [6.45, 7) is 4.12. The van der Waals surface area contributed by atoms with Gasteiger partial charge in [-0.3, -0.25) is 4.79 Å². The van der Waals surface area contributed by atoms with Crippen molar-refractivity contribution in [3.8, 4) is 0 Å². The van der Waals surface area contributed by atoms with Crippen LogP contribution in [0.5, 0.6) is 0 Å². The summed E-state index contributed by atoms with van der Waals surface area (Å²) in [4.78, 5) is 9.82. The van der Waals surface area contributed by atoms with Gasteiger partial charge in [-0.25, -0.2) is 0 Å². The lowest BCUT2D eigenvalue weighted by Crippen LogP contribution is -1.69. The number of carbonyl (C=O) groups excluding carboxylic acids is 1. The molecule has 0 aromatic rings. The van der Waals surface area contributed by atoms with Gasteiger partial charge >= 0.3 is 0 Å². The van der Waals surface area contributed by atoms with Crippen molar-refractivity contribution in [2.75, 3.05) is 6.61 Å². The van der Waals surface area contributed by atoms with Gasteiger partial charge in [-0.05, 0) is 25.8 Å². The molecule has 0 bridgehead atoms. The van der Waals surface area contributed by atoms with Crippen LogP contribution < -0.4 is 0 Å². The van der Waals surface area contributed by atoms with Crippen LogP contribution in [-0.4, -0.2) is 18.0 Å². The normalized spacial score (nSPS) is 10.2. The molecule has 0 saturated carbocycles. The molecule has 0 heterocycles. The largest absolute Gasteiger partial charge is 0.397 e. The first-order valence-electron chi connectivity index (χ1n) is 5.21. The van der Waals surface area contributed by atoms with Gasteiger partial charge in [0.1, 0.15) is 6.29 Å². The van der Waals surface area contributed by atoms with Crippen LogP contribution in [0, 0.1) is 0 Å². The molecule has 0 atom stereocenters. The third kappa shape index (κ3) is 22.5. The Morgan fingerprint density at radius 3 is 2.21 bits per heavy atom. The Balaban J connectivity index is 0. The number of hydrogen-bond donors (Lipinski definition) is 1. The Labute approximate surface area is 87.3 Å². The number of aliphatic hydroxyl groups is 1. The number of aldehydes is 1. The average molecular weight is 198 g/mol. The number of rotatable bonds is 6. The van der Waals surface area contributed by atoms with Crippen molar-refractivity contribution in [3.05, 3.63) is 24.3 Å². The Hall–Kier alpha value is -0.890. The first kappa shape index (κ1) is 15.6. The Morgan fingerprint density at radius 1 is 1.07 bits per heavy atom. The summed E-state index contributed by atoms with van der Waals surface area (Å²) in [7, 11) is 0. The molecule has 0 rings (SSSR count). The fraction of sp³-hybridized carbons (Fsp3) is 0.583. The zero-order valence-corrected chi connectivity index (χ0v) is 9.28. The summed E-state index contributed by atoms with van der Waals surface area (Å²) >= 11 is 0. The van der Waals surface area contributed by atoms with Gasteiger partial charge in [0.05, 0.1) is 0 Å². The minimum absolute atomic E-state index is 0.250. The van der Waals surface area contributed by atoms with Crippen LogP contribution >= 0.6 is 0 Å². The van der Waals surface area contributed by atoms with Gasteiger partial charge in [0.2, 0.25) is 0 Å². The van der Waals surface area contributed by atoms with E-state index in [-0.39, 0.29) is 6.61 Å². The molecule has 0 amide bonds. The van der Waals surface area contributed by atoms with Crippen molar-refractivity contribution in [2.24, 2.45) is 0 Å². The topological polar surface area (TPSA) is 37.3 Å². The maximum atomic E-state index is 9.82. The van der Waals surface area contributed by atoms with Crippen LogP contribution in [0.25, 0.3) is 0 Å². The number of aliphatic hydroxyl groups excluding tert-OH is 1. The first-order chi connectivity index (χ1) is 6.83. The molecule has 0 aliphatic rings. The maximum absolute atomic E-state index is 9.82. The van der Waals surface area contributed by atoms with Crippen molar-refractivity contribution in [3.63, 3.8) is 0 Å². The molecule has 82 valence electrons. The lowest BCUT2D eigenvalue weighted by Gasteiger charge is -1.89. The van der Waals surface area contributed by atoms with Crippen LogP contribution in [0.1, 0.15) is 39.5 Å². The maximum Gasteiger partial charge on any atom is 0.142 e. The van der Waals surface area contributed by atoms with E-state index in [0.29, 0.717) is 0 Å². The average Bonchev–Trinajstić information content (AvgIpc) is 2.18. The van der Waals surface area contributed by atoms with E-state index >= 15 is 0 Å². The molecule has 0 saturated heterocycles. The van der Waals surface area contributed by atoms with E-state index in [4.69, 9.17) is 5.11 Å². The second kappa shape index (κ2) is 18.0. The second-order valence-electron chi connectivity index (χ2n) is 2.76. The first-order valence-corrected chi connectivity index (χ1v) is 5.21. The Bertz CT molecular complexity index is 148. The number of carbonyl (C=O) groups is 1. The molecule has 0 spiro atoms. The fourth-order valence-corrected chi connectivity index (χ4v) is 0.796. The summed E-state index contributed by atoms with van der Waals surface area (Å²) in [6.07, 6.45) is 13.0. The van der Waals surface area contributed by atoms with Gasteiger partial charge in [0.15, 0.2) is 0 Å². The molecule has 0 aliphatic carbocycles. The van der Waals surface area contributed by atoms with Gasteiger partial charge in [-0.15, -0.1) is 0 Å². The molecule has 14 heavy (non-hydrogen) atoms. The van der Waals surface area contributed by atoms with Gasteiger partial charge < -0.3 is 5.11 Å². The predicted octanol–water partition coefficient (Wildman–Crippen LogP) is 2.88. The monoisotopic (exact) mass is 198 g/mol. The summed E-state index contributed by atoms with van der Waals surface area (Å²) in [5.41, 5.74) is 0. The summed E-state index contributed by atoms with van der Waals surface area (Å²) < 4.78 is 0. The van der Waals surface area contributed by atoms with Crippen LogP contribution in [0.3, 0.4) is 0 Å². The predicted molar refractivity (Wildman–Crippen MR) is 61.2 cm³/mol. The third-order valence-electron chi connectivity index (χ3n) is 1.41. The Kier molecular flexibility index (Phi) is 20.0. The van der Waals surface area contributed by atoms with Gasteiger partial charge in [0, 0.05) is 6.61 Å². The third-order valence-corrected chi connectivity index (χ3v) is 1.41. The van der Waals surface area contributed by atoms with Gasteiger partial charge in [-0.1, -0.05) is 38.0 Å². The van der Waals surface area contributed by atoms with E-state index in [1.807, 2.05) is 6.08 Å². The summed E-state index contributed by atoms with van der Waals surface area (Å²) in [5, 5.41) is 7.57. The van der Waals surface area contributed by atoms with Crippen LogP contribution in [0.2, 0.25) is 0 Å². The molecular weight excluding hydrogens is 176 g/mol. The van der Waals surface area contributed by atoms with E-state index in [0.717, 1.165) is 12.7 Å². The Morgan fingerprint density at radius 2 is 1.71 bits per heavy atom. The molecule has 2 nitrogen and oxygen atoms in total. The smallest absolute Gasteiger partial charge is 0.142 e. The molecule has 0 fully saturated rings. The van der Waals surface area contributed by atoms with Crippen molar-refractivity contribution in [1.29, 1.82) is 0 Å². The summed E-state index contributed by atoms with van der Waals surface area (Å²) in [5.74, 6) is 0. The van der Waals surface area contributed by atoms with Crippen LogP contribution in [-0.2, 0) is 4.79 Å². The van der Waals surface area contributed by atoms with Crippen molar-refractivity contribution >= 4 is 6.29 Å². The van der Waals surface area contributed by atoms with Gasteiger partial charge in [0.25, 0.3) is 0 Å². The summed E-state index contributed by atoms with van der Waals surface area (Å²) in [6, 6.07) is 0. The molecule has 0 aromatic carbocycles. The highest BCUT2D eigenvalue weighted by molar-refractivity contribution is 5.65. The molecule has 0 radical (unpaired) electrons. The lowest BCUT2D eigenvalue weighted by molar-refractivity contribution is -0.104. The van der Waals surface area contributed by atoms with Crippen LogP contribution in [0.15, 0.2) is 24.3 Å². The quantitative estimate of drug-likeness (QED) is 0.308. The van der Waals surface area contributed by atoms with Crippen LogP contribution in [0.4, 0.5) is 0 Å². The van der Waals surface area contributed by atoms with Gasteiger partial charge in [-0.2, -0.15) is 0 Å². The molecule has 2 heteroatoms. The molecular formula is C12H22O2. The highest BCUT2D eigenvalue weighted by Crippen LogP contribution is 1.99. The van der Waals surface area contributed by atoms with E-state index in [1.165, 1.54) is 25.3 Å². The van der Waals surface area contributed by atoms with Crippen molar-refractivity contribution in [2.45, 2.75) is 39.5 Å². The van der Waals surface area contributed by atoms with Crippen molar-refractivity contribution < 1.29 is 9.90 Å². The minimum Gasteiger partial charge on any atom is -0.397 e.